The third-order valence-electron chi connectivity index (χ3n) is 5.29. The molecule has 3 nitrogen and oxygen atoms in total. The average molecular weight is 290 g/mol. The summed E-state index contributed by atoms with van der Waals surface area (Å²) in [6.07, 6.45) is 10.1. The molecule has 0 radical (unpaired) electrons. The molecular weight excluding hydrogens is 260 g/mol. The molecule has 1 aromatic rings. The van der Waals surface area contributed by atoms with Crippen molar-refractivity contribution in [3.63, 3.8) is 0 Å². The largest absolute Gasteiger partial charge is 0.468 e. The minimum absolute atomic E-state index is 0.469. The summed E-state index contributed by atoms with van der Waals surface area (Å²) in [6.45, 7) is 5.71. The van der Waals surface area contributed by atoms with E-state index in [4.69, 9.17) is 4.42 Å². The predicted molar refractivity (Wildman–Crippen MR) is 86.1 cm³/mol. The van der Waals surface area contributed by atoms with Gasteiger partial charge >= 0.3 is 0 Å². The van der Waals surface area contributed by atoms with Crippen LogP contribution in [0.1, 0.15) is 51.2 Å². The van der Waals surface area contributed by atoms with Crippen LogP contribution in [0, 0.1) is 11.3 Å². The first kappa shape index (κ1) is 15.1. The fourth-order valence-corrected chi connectivity index (χ4v) is 3.71. The van der Waals surface area contributed by atoms with Crippen LogP contribution in [0.4, 0.5) is 0 Å². The van der Waals surface area contributed by atoms with Crippen LogP contribution in [0.3, 0.4) is 0 Å². The van der Waals surface area contributed by atoms with Crippen molar-refractivity contribution >= 4 is 0 Å². The molecule has 0 bridgehead atoms. The molecule has 0 aliphatic heterocycles. The average Bonchev–Trinajstić information content (AvgIpc) is 3.17. The third-order valence-corrected chi connectivity index (χ3v) is 5.29. The molecule has 21 heavy (non-hydrogen) atoms. The Morgan fingerprint density at radius 3 is 2.67 bits per heavy atom. The van der Waals surface area contributed by atoms with Gasteiger partial charge in [-0.1, -0.05) is 19.8 Å². The molecule has 1 N–H and O–H groups in total. The van der Waals surface area contributed by atoms with E-state index in [1.807, 2.05) is 6.07 Å². The molecule has 2 aliphatic carbocycles. The van der Waals surface area contributed by atoms with Crippen LogP contribution < -0.4 is 5.32 Å². The molecule has 2 fully saturated rings. The fourth-order valence-electron chi connectivity index (χ4n) is 3.71. The van der Waals surface area contributed by atoms with Gasteiger partial charge in [0.15, 0.2) is 0 Å². The number of rotatable bonds is 7. The number of hydrogen-bond donors (Lipinski definition) is 1. The van der Waals surface area contributed by atoms with Crippen LogP contribution in [-0.2, 0) is 6.54 Å². The first-order valence-electron chi connectivity index (χ1n) is 8.60. The van der Waals surface area contributed by atoms with Gasteiger partial charge in [-0.25, -0.2) is 0 Å². The van der Waals surface area contributed by atoms with Crippen LogP contribution in [0.5, 0.6) is 0 Å². The Hall–Kier alpha value is -0.800. The van der Waals surface area contributed by atoms with Gasteiger partial charge in [-0.15, -0.1) is 0 Å². The summed E-state index contributed by atoms with van der Waals surface area (Å²) in [7, 11) is 2.24. The third kappa shape index (κ3) is 4.33. The predicted octanol–water partition coefficient (Wildman–Crippen LogP) is 3.66. The highest BCUT2D eigenvalue weighted by Crippen LogP contribution is 2.39. The lowest BCUT2D eigenvalue weighted by Crippen LogP contribution is -2.45. The molecule has 0 unspecified atom stereocenters. The molecule has 0 atom stereocenters. The summed E-state index contributed by atoms with van der Waals surface area (Å²) in [5.74, 6) is 1.99. The second-order valence-electron chi connectivity index (χ2n) is 7.59. The van der Waals surface area contributed by atoms with Gasteiger partial charge in [0.25, 0.3) is 0 Å². The van der Waals surface area contributed by atoms with Crippen molar-refractivity contribution in [1.82, 2.24) is 10.2 Å². The lowest BCUT2D eigenvalue weighted by Gasteiger charge is -2.42. The molecule has 0 amide bonds. The highest BCUT2D eigenvalue weighted by molar-refractivity contribution is 4.99. The van der Waals surface area contributed by atoms with Crippen LogP contribution in [0.25, 0.3) is 0 Å². The maximum absolute atomic E-state index is 5.49. The minimum Gasteiger partial charge on any atom is -0.468 e. The molecule has 3 heteroatoms. The van der Waals surface area contributed by atoms with E-state index in [9.17, 15) is 0 Å². The number of hydrogen-bond acceptors (Lipinski definition) is 3. The Bertz CT molecular complexity index is 416. The summed E-state index contributed by atoms with van der Waals surface area (Å²) in [4.78, 5) is 2.45. The minimum atomic E-state index is 0.469. The monoisotopic (exact) mass is 290 g/mol. The molecule has 2 saturated carbocycles. The zero-order valence-electron chi connectivity index (χ0n) is 13.6. The summed E-state index contributed by atoms with van der Waals surface area (Å²) >= 11 is 0. The summed E-state index contributed by atoms with van der Waals surface area (Å²) < 4.78 is 5.49. The van der Waals surface area contributed by atoms with Gasteiger partial charge in [-0.3, -0.25) is 4.90 Å². The highest BCUT2D eigenvalue weighted by Gasteiger charge is 2.36. The summed E-state index contributed by atoms with van der Waals surface area (Å²) in [5.41, 5.74) is 0.469. The van der Waals surface area contributed by atoms with E-state index >= 15 is 0 Å². The normalized spacial score (nSPS) is 30.0. The lowest BCUT2D eigenvalue weighted by molar-refractivity contribution is 0.0923. The van der Waals surface area contributed by atoms with E-state index in [2.05, 4.69) is 30.3 Å². The van der Waals surface area contributed by atoms with Crippen molar-refractivity contribution in [2.24, 2.45) is 11.3 Å². The van der Waals surface area contributed by atoms with Crippen LogP contribution in [-0.4, -0.2) is 31.1 Å². The molecule has 1 aromatic heterocycles. The zero-order chi connectivity index (χ0) is 14.7. The van der Waals surface area contributed by atoms with Gasteiger partial charge in [0.1, 0.15) is 5.76 Å². The van der Waals surface area contributed by atoms with Crippen molar-refractivity contribution in [3.05, 3.63) is 24.2 Å². The topological polar surface area (TPSA) is 28.4 Å². The second-order valence-corrected chi connectivity index (χ2v) is 7.59. The Morgan fingerprint density at radius 1 is 1.29 bits per heavy atom. The van der Waals surface area contributed by atoms with Gasteiger partial charge in [-0.2, -0.15) is 0 Å². The Balaban J connectivity index is 1.57. The summed E-state index contributed by atoms with van der Waals surface area (Å²) in [5, 5.41) is 3.80. The standard InChI is InChI=1S/C18H30N2O/c1-15-7-9-18(10-8-15,13-19-16-5-6-16)14-20(2)12-17-4-3-11-21-17/h3-4,11,15-16,19H,5-10,12-14H2,1-2H3. The van der Waals surface area contributed by atoms with Gasteiger partial charge in [0.05, 0.1) is 12.8 Å². The van der Waals surface area contributed by atoms with E-state index < -0.39 is 0 Å². The second kappa shape index (κ2) is 6.53. The Morgan fingerprint density at radius 2 is 2.05 bits per heavy atom. The molecule has 3 rings (SSSR count). The van der Waals surface area contributed by atoms with E-state index in [0.717, 1.165) is 24.3 Å². The molecule has 118 valence electrons. The highest BCUT2D eigenvalue weighted by atomic mass is 16.3. The Kier molecular flexibility index (Phi) is 4.70. The molecule has 1 heterocycles. The Labute approximate surface area is 129 Å². The van der Waals surface area contributed by atoms with Crippen molar-refractivity contribution < 1.29 is 4.42 Å². The summed E-state index contributed by atoms with van der Waals surface area (Å²) in [6, 6.07) is 4.88. The van der Waals surface area contributed by atoms with Gasteiger partial charge < -0.3 is 9.73 Å². The van der Waals surface area contributed by atoms with Crippen LogP contribution in [0.15, 0.2) is 22.8 Å². The smallest absolute Gasteiger partial charge is 0.117 e. The first-order chi connectivity index (χ1) is 10.2. The van der Waals surface area contributed by atoms with Crippen molar-refractivity contribution in [2.45, 2.75) is 58.0 Å². The van der Waals surface area contributed by atoms with Crippen molar-refractivity contribution in [2.75, 3.05) is 20.1 Å². The first-order valence-corrected chi connectivity index (χ1v) is 8.60. The van der Waals surface area contributed by atoms with E-state index in [0.29, 0.717) is 5.41 Å². The SMILES string of the molecule is CC1CCC(CNC2CC2)(CN(C)Cc2ccco2)CC1. The number of furan rings is 1. The molecule has 0 saturated heterocycles. The molecule has 0 spiro atoms. The van der Waals surface area contributed by atoms with Crippen molar-refractivity contribution in [3.8, 4) is 0 Å². The maximum atomic E-state index is 5.49. The van der Waals surface area contributed by atoms with Crippen molar-refractivity contribution in [1.29, 1.82) is 0 Å². The quantitative estimate of drug-likeness (QED) is 0.830. The van der Waals surface area contributed by atoms with E-state index in [1.165, 1.54) is 51.6 Å². The van der Waals surface area contributed by atoms with Crippen LogP contribution in [0.2, 0.25) is 0 Å². The maximum Gasteiger partial charge on any atom is 0.117 e. The number of nitrogens with one attached hydrogen (secondary N) is 1. The lowest BCUT2D eigenvalue weighted by atomic mass is 9.70. The zero-order valence-corrected chi connectivity index (χ0v) is 13.6. The van der Waals surface area contributed by atoms with E-state index in [1.54, 1.807) is 6.26 Å². The molecule has 0 aromatic carbocycles. The molecular formula is C18H30N2O. The van der Waals surface area contributed by atoms with Gasteiger partial charge in [0, 0.05) is 19.1 Å². The van der Waals surface area contributed by atoms with E-state index in [-0.39, 0.29) is 0 Å². The fraction of sp³-hybridized carbons (Fsp3) is 0.778. The van der Waals surface area contributed by atoms with Gasteiger partial charge in [0.2, 0.25) is 0 Å². The van der Waals surface area contributed by atoms with Crippen LogP contribution >= 0.6 is 0 Å². The number of nitrogens with zero attached hydrogens (tertiary/aromatic N) is 1. The van der Waals surface area contributed by atoms with Gasteiger partial charge in [-0.05, 0) is 56.2 Å². The molecule has 2 aliphatic rings.